The van der Waals surface area contributed by atoms with E-state index in [1.165, 1.54) is 5.56 Å². The average Bonchev–Trinajstić information content (AvgIpc) is 2.81. The third kappa shape index (κ3) is 1.89. The van der Waals surface area contributed by atoms with Crippen LogP contribution in [0, 0.1) is 11.8 Å². The Labute approximate surface area is 101 Å². The molecule has 0 spiro atoms. The van der Waals surface area contributed by atoms with Crippen molar-refractivity contribution in [2.45, 2.75) is 18.9 Å². The predicted octanol–water partition coefficient (Wildman–Crippen LogP) is 1.33. The van der Waals surface area contributed by atoms with Gasteiger partial charge < -0.3 is 5.11 Å². The molecule has 1 aromatic carbocycles. The van der Waals surface area contributed by atoms with Gasteiger partial charge in [-0.1, -0.05) is 24.3 Å². The molecule has 1 N–H and O–H groups in total. The zero-order valence-corrected chi connectivity index (χ0v) is 10.4. The number of fused-ring (bicyclic) bond motifs is 1. The zero-order chi connectivity index (χ0) is 12.0. The van der Waals surface area contributed by atoms with Crippen molar-refractivity contribution in [2.24, 2.45) is 11.8 Å². The Morgan fingerprint density at radius 1 is 1.24 bits per heavy atom. The van der Waals surface area contributed by atoms with Gasteiger partial charge in [0.15, 0.2) is 9.84 Å². The Morgan fingerprint density at radius 2 is 2.00 bits per heavy atom. The van der Waals surface area contributed by atoms with Crippen LogP contribution in [0.25, 0.3) is 0 Å². The van der Waals surface area contributed by atoms with Crippen molar-refractivity contribution < 1.29 is 13.5 Å². The molecule has 3 rings (SSSR count). The van der Waals surface area contributed by atoms with Gasteiger partial charge in [0, 0.05) is 0 Å². The summed E-state index contributed by atoms with van der Waals surface area (Å²) in [5.74, 6) is 0.756. The molecule has 17 heavy (non-hydrogen) atoms. The van der Waals surface area contributed by atoms with Crippen LogP contribution in [-0.2, 0) is 16.3 Å². The van der Waals surface area contributed by atoms with Gasteiger partial charge in [-0.2, -0.15) is 0 Å². The summed E-state index contributed by atoms with van der Waals surface area (Å²) >= 11 is 0. The number of hydrogen-bond acceptors (Lipinski definition) is 3. The molecule has 0 aromatic heterocycles. The van der Waals surface area contributed by atoms with Gasteiger partial charge >= 0.3 is 0 Å². The third-order valence-corrected chi connectivity index (χ3v) is 5.90. The number of benzene rings is 1. The molecule has 4 heteroatoms. The van der Waals surface area contributed by atoms with Crippen LogP contribution < -0.4 is 0 Å². The molecule has 1 aromatic rings. The van der Waals surface area contributed by atoms with Crippen LogP contribution in [0.5, 0.6) is 0 Å². The van der Waals surface area contributed by atoms with Gasteiger partial charge in [0.05, 0.1) is 17.6 Å². The van der Waals surface area contributed by atoms with E-state index >= 15 is 0 Å². The Balaban J connectivity index is 1.85. The molecule has 2 aliphatic rings. The molecule has 0 saturated carbocycles. The highest BCUT2D eigenvalue weighted by molar-refractivity contribution is 7.91. The van der Waals surface area contributed by atoms with Crippen molar-refractivity contribution >= 4 is 9.84 Å². The summed E-state index contributed by atoms with van der Waals surface area (Å²) in [5, 5.41) is 10.3. The van der Waals surface area contributed by atoms with Crippen molar-refractivity contribution in [3.63, 3.8) is 0 Å². The van der Waals surface area contributed by atoms with E-state index < -0.39 is 15.9 Å². The smallest absolute Gasteiger partial charge is 0.150 e. The molecule has 1 aliphatic heterocycles. The van der Waals surface area contributed by atoms with Gasteiger partial charge in [0.1, 0.15) is 0 Å². The first kappa shape index (κ1) is 11.2. The number of sulfone groups is 1. The second kappa shape index (κ2) is 3.82. The van der Waals surface area contributed by atoms with Crippen LogP contribution in [0.3, 0.4) is 0 Å². The predicted molar refractivity (Wildman–Crippen MR) is 65.4 cm³/mol. The first-order chi connectivity index (χ1) is 8.07. The molecule has 3 nitrogen and oxygen atoms in total. The SMILES string of the molecule is O=S1(=O)CCC(C2Cc3ccccc3C2O)C1. The Kier molecular flexibility index (Phi) is 2.52. The fourth-order valence-electron chi connectivity index (χ4n) is 3.19. The number of aliphatic hydroxyl groups excluding tert-OH is 1. The first-order valence-corrected chi connectivity index (χ1v) is 7.85. The summed E-state index contributed by atoms with van der Waals surface area (Å²) in [6, 6.07) is 7.88. The molecule has 0 bridgehead atoms. The van der Waals surface area contributed by atoms with Crippen molar-refractivity contribution in [1.29, 1.82) is 0 Å². The fourth-order valence-corrected chi connectivity index (χ4v) is 5.09. The van der Waals surface area contributed by atoms with E-state index in [1.54, 1.807) is 0 Å². The summed E-state index contributed by atoms with van der Waals surface area (Å²) in [5.41, 5.74) is 2.16. The monoisotopic (exact) mass is 252 g/mol. The van der Waals surface area contributed by atoms with E-state index in [0.717, 1.165) is 12.0 Å². The highest BCUT2D eigenvalue weighted by Crippen LogP contribution is 2.43. The second-order valence-corrected chi connectivity index (χ2v) is 7.40. The fraction of sp³-hybridized carbons (Fsp3) is 0.538. The maximum absolute atomic E-state index is 11.5. The molecule has 1 heterocycles. The van der Waals surface area contributed by atoms with Crippen LogP contribution >= 0.6 is 0 Å². The summed E-state index contributed by atoms with van der Waals surface area (Å²) in [7, 11) is -2.85. The molecule has 0 amide bonds. The molecular weight excluding hydrogens is 236 g/mol. The minimum absolute atomic E-state index is 0.0877. The van der Waals surface area contributed by atoms with Crippen molar-refractivity contribution in [3.8, 4) is 0 Å². The number of rotatable bonds is 1. The van der Waals surface area contributed by atoms with E-state index in [4.69, 9.17) is 0 Å². The largest absolute Gasteiger partial charge is 0.388 e. The molecule has 3 unspecified atom stereocenters. The van der Waals surface area contributed by atoms with Crippen LogP contribution in [0.1, 0.15) is 23.7 Å². The first-order valence-electron chi connectivity index (χ1n) is 6.03. The van der Waals surface area contributed by atoms with Crippen LogP contribution in [-0.4, -0.2) is 25.0 Å². The highest BCUT2D eigenvalue weighted by atomic mass is 32.2. The van der Waals surface area contributed by atoms with E-state index in [-0.39, 0.29) is 23.3 Å². The Bertz CT molecular complexity index is 535. The van der Waals surface area contributed by atoms with Crippen LogP contribution in [0.2, 0.25) is 0 Å². The van der Waals surface area contributed by atoms with Gasteiger partial charge in [-0.3, -0.25) is 0 Å². The average molecular weight is 252 g/mol. The lowest BCUT2D eigenvalue weighted by molar-refractivity contribution is 0.0936. The van der Waals surface area contributed by atoms with E-state index in [1.807, 2.05) is 24.3 Å². The minimum Gasteiger partial charge on any atom is -0.388 e. The topological polar surface area (TPSA) is 54.4 Å². The van der Waals surface area contributed by atoms with Crippen LogP contribution in [0.4, 0.5) is 0 Å². The lowest BCUT2D eigenvalue weighted by Gasteiger charge is -2.20. The molecule has 92 valence electrons. The lowest BCUT2D eigenvalue weighted by atomic mass is 9.87. The Hall–Kier alpha value is -0.870. The van der Waals surface area contributed by atoms with Gasteiger partial charge in [-0.25, -0.2) is 8.42 Å². The maximum atomic E-state index is 11.5. The molecule has 0 radical (unpaired) electrons. The Morgan fingerprint density at radius 3 is 2.65 bits per heavy atom. The van der Waals surface area contributed by atoms with E-state index in [2.05, 4.69) is 0 Å². The van der Waals surface area contributed by atoms with E-state index in [9.17, 15) is 13.5 Å². The quantitative estimate of drug-likeness (QED) is 0.820. The number of aliphatic hydroxyl groups is 1. The van der Waals surface area contributed by atoms with Crippen molar-refractivity contribution in [1.82, 2.24) is 0 Å². The van der Waals surface area contributed by atoms with Gasteiger partial charge in [-0.05, 0) is 35.8 Å². The standard InChI is InChI=1S/C13H16O3S/c14-13-11-4-2-1-3-9(11)7-12(13)10-5-6-17(15,16)8-10/h1-4,10,12-14H,5-8H2. The summed E-state index contributed by atoms with van der Waals surface area (Å²) in [6.07, 6.45) is 1.04. The summed E-state index contributed by atoms with van der Waals surface area (Å²) in [6.45, 7) is 0. The van der Waals surface area contributed by atoms with Gasteiger partial charge in [-0.15, -0.1) is 0 Å². The second-order valence-electron chi connectivity index (χ2n) is 5.17. The summed E-state index contributed by atoms with van der Waals surface area (Å²) < 4.78 is 23.0. The molecule has 3 atom stereocenters. The highest BCUT2D eigenvalue weighted by Gasteiger charge is 2.41. The van der Waals surface area contributed by atoms with Gasteiger partial charge in [0.2, 0.25) is 0 Å². The zero-order valence-electron chi connectivity index (χ0n) is 9.54. The molecule has 1 saturated heterocycles. The number of hydrogen-bond donors (Lipinski definition) is 1. The van der Waals surface area contributed by atoms with Crippen LogP contribution in [0.15, 0.2) is 24.3 Å². The van der Waals surface area contributed by atoms with Gasteiger partial charge in [0.25, 0.3) is 0 Å². The third-order valence-electron chi connectivity index (χ3n) is 4.11. The maximum Gasteiger partial charge on any atom is 0.150 e. The normalized spacial score (nSPS) is 34.8. The van der Waals surface area contributed by atoms with E-state index in [0.29, 0.717) is 6.42 Å². The summed E-state index contributed by atoms with van der Waals surface area (Å²) in [4.78, 5) is 0. The molecule has 1 fully saturated rings. The van der Waals surface area contributed by atoms with Crippen molar-refractivity contribution in [3.05, 3.63) is 35.4 Å². The lowest BCUT2D eigenvalue weighted by Crippen LogP contribution is -2.20. The molecule has 1 aliphatic carbocycles. The van der Waals surface area contributed by atoms with Crippen molar-refractivity contribution in [2.75, 3.05) is 11.5 Å². The minimum atomic E-state index is -2.85. The molecular formula is C13H16O3S.